The summed E-state index contributed by atoms with van der Waals surface area (Å²) in [5, 5.41) is 4.38. The molecule has 5 nitrogen and oxygen atoms in total. The molecular weight excluding hydrogens is 274 g/mol. The van der Waals surface area contributed by atoms with Crippen LogP contribution in [0, 0.1) is 0 Å². The molecule has 1 atom stereocenters. The molecule has 1 aliphatic rings. The summed E-state index contributed by atoms with van der Waals surface area (Å²) in [6.45, 7) is 9.76. The topological polar surface area (TPSA) is 46.8 Å². The highest BCUT2D eigenvalue weighted by atomic mass is 15.3. The first kappa shape index (κ1) is 15.2. The van der Waals surface area contributed by atoms with Gasteiger partial charge < -0.3 is 4.90 Å². The summed E-state index contributed by atoms with van der Waals surface area (Å²) in [4.78, 5) is 11.9. The van der Waals surface area contributed by atoms with Crippen LogP contribution in [-0.4, -0.2) is 43.8 Å². The van der Waals surface area contributed by atoms with Crippen molar-refractivity contribution in [1.82, 2.24) is 24.6 Å². The van der Waals surface area contributed by atoms with E-state index in [0.29, 0.717) is 12.0 Å². The van der Waals surface area contributed by atoms with E-state index in [4.69, 9.17) is 4.98 Å². The van der Waals surface area contributed by atoms with Crippen molar-refractivity contribution >= 4 is 0 Å². The molecule has 0 N–H and O–H groups in total. The molecule has 0 bridgehead atoms. The number of hydrogen-bond acceptors (Lipinski definition) is 4. The van der Waals surface area contributed by atoms with Crippen LogP contribution in [0.5, 0.6) is 0 Å². The highest BCUT2D eigenvalue weighted by molar-refractivity contribution is 5.57. The van der Waals surface area contributed by atoms with Crippen molar-refractivity contribution < 1.29 is 0 Å². The van der Waals surface area contributed by atoms with Crippen molar-refractivity contribution in [2.45, 2.75) is 52.1 Å². The molecule has 1 unspecified atom stereocenters. The van der Waals surface area contributed by atoms with Gasteiger partial charge in [0.25, 0.3) is 0 Å². The molecule has 3 rings (SSSR count). The molecule has 118 valence electrons. The second-order valence-corrected chi connectivity index (χ2v) is 6.25. The van der Waals surface area contributed by atoms with Crippen molar-refractivity contribution in [3.05, 3.63) is 30.4 Å². The lowest BCUT2D eigenvalue weighted by Gasteiger charge is -2.35. The summed E-state index contributed by atoms with van der Waals surface area (Å²) < 4.78 is 2.00. The second-order valence-electron chi connectivity index (χ2n) is 6.25. The Morgan fingerprint density at radius 2 is 2.05 bits per heavy atom. The predicted octanol–water partition coefficient (Wildman–Crippen LogP) is 2.95. The van der Waals surface area contributed by atoms with Crippen molar-refractivity contribution in [3.8, 4) is 11.4 Å². The number of aromatic nitrogens is 4. The summed E-state index contributed by atoms with van der Waals surface area (Å²) in [6, 6.07) is 2.63. The van der Waals surface area contributed by atoms with E-state index in [9.17, 15) is 0 Å². The fourth-order valence-corrected chi connectivity index (χ4v) is 3.33. The summed E-state index contributed by atoms with van der Waals surface area (Å²) >= 11 is 0. The van der Waals surface area contributed by atoms with Gasteiger partial charge >= 0.3 is 0 Å². The Bertz CT molecular complexity index is 619. The molecule has 0 spiro atoms. The third kappa shape index (κ3) is 2.90. The first-order valence-corrected chi connectivity index (χ1v) is 8.27. The predicted molar refractivity (Wildman–Crippen MR) is 87.6 cm³/mol. The molecule has 1 aliphatic heterocycles. The van der Waals surface area contributed by atoms with E-state index in [2.05, 4.69) is 35.8 Å². The van der Waals surface area contributed by atoms with Crippen molar-refractivity contribution in [2.75, 3.05) is 13.1 Å². The Balaban J connectivity index is 1.95. The largest absolute Gasteiger partial charge is 0.300 e. The molecule has 0 saturated carbocycles. The van der Waals surface area contributed by atoms with Gasteiger partial charge in [0.2, 0.25) is 0 Å². The molecule has 0 aromatic carbocycles. The van der Waals surface area contributed by atoms with Gasteiger partial charge in [-0.25, -0.2) is 0 Å². The summed E-state index contributed by atoms with van der Waals surface area (Å²) in [5.41, 5.74) is 3.20. The molecule has 1 saturated heterocycles. The minimum absolute atomic E-state index is 0.458. The van der Waals surface area contributed by atoms with Gasteiger partial charge in [-0.2, -0.15) is 5.10 Å². The number of aryl methyl sites for hydroxylation is 1. The average molecular weight is 299 g/mol. The fraction of sp³-hybridized carbons (Fsp3) is 0.588. The third-order valence-corrected chi connectivity index (χ3v) is 4.56. The average Bonchev–Trinajstić information content (AvgIpc) is 3.03. The molecule has 0 aliphatic carbocycles. The SMILES string of the molecule is CCn1nccc1-c1nccnc1C1CCCN(C(C)C)C1. The van der Waals surface area contributed by atoms with Gasteiger partial charge in [-0.15, -0.1) is 0 Å². The van der Waals surface area contributed by atoms with E-state index in [1.165, 1.54) is 19.4 Å². The lowest BCUT2D eigenvalue weighted by Crippen LogP contribution is -2.39. The van der Waals surface area contributed by atoms with Crippen LogP contribution in [-0.2, 0) is 6.54 Å². The fourth-order valence-electron chi connectivity index (χ4n) is 3.33. The van der Waals surface area contributed by atoms with Crippen molar-refractivity contribution in [3.63, 3.8) is 0 Å². The third-order valence-electron chi connectivity index (χ3n) is 4.56. The normalized spacial score (nSPS) is 19.7. The van der Waals surface area contributed by atoms with Gasteiger partial charge in [-0.05, 0) is 46.2 Å². The minimum atomic E-state index is 0.458. The van der Waals surface area contributed by atoms with E-state index in [-0.39, 0.29) is 0 Å². The van der Waals surface area contributed by atoms with Crippen LogP contribution in [0.3, 0.4) is 0 Å². The molecule has 22 heavy (non-hydrogen) atoms. The van der Waals surface area contributed by atoms with Crippen LogP contribution in [0.15, 0.2) is 24.7 Å². The Labute approximate surface area is 132 Å². The van der Waals surface area contributed by atoms with E-state index in [0.717, 1.165) is 30.2 Å². The maximum absolute atomic E-state index is 4.70. The van der Waals surface area contributed by atoms with Crippen LogP contribution >= 0.6 is 0 Å². The molecule has 1 fully saturated rings. The van der Waals surface area contributed by atoms with Crippen molar-refractivity contribution in [2.24, 2.45) is 0 Å². The minimum Gasteiger partial charge on any atom is -0.300 e. The maximum Gasteiger partial charge on any atom is 0.110 e. The summed E-state index contributed by atoms with van der Waals surface area (Å²) in [6.07, 6.45) is 7.87. The molecule has 3 heterocycles. The molecule has 0 amide bonds. The van der Waals surface area contributed by atoms with Crippen LogP contribution in [0.1, 0.15) is 45.2 Å². The Kier molecular flexibility index (Phi) is 4.52. The number of nitrogens with zero attached hydrogens (tertiary/aromatic N) is 5. The van der Waals surface area contributed by atoms with Crippen molar-refractivity contribution in [1.29, 1.82) is 0 Å². The standard InChI is InChI=1S/C17H25N5/c1-4-22-15(7-8-20-22)17-16(18-9-10-19-17)14-6-5-11-21(12-14)13(2)3/h7-10,13-14H,4-6,11-12H2,1-3H3. The van der Waals surface area contributed by atoms with E-state index in [1.807, 2.05) is 23.1 Å². The van der Waals surface area contributed by atoms with Crippen LogP contribution in [0.4, 0.5) is 0 Å². The quantitative estimate of drug-likeness (QED) is 0.871. The zero-order valence-electron chi connectivity index (χ0n) is 13.7. The zero-order chi connectivity index (χ0) is 15.5. The molecule has 5 heteroatoms. The maximum atomic E-state index is 4.70. The number of hydrogen-bond donors (Lipinski definition) is 0. The van der Waals surface area contributed by atoms with E-state index >= 15 is 0 Å². The van der Waals surface area contributed by atoms with Gasteiger partial charge in [0.1, 0.15) is 5.69 Å². The molecule has 2 aromatic heterocycles. The van der Waals surface area contributed by atoms with Crippen LogP contribution in [0.25, 0.3) is 11.4 Å². The first-order chi connectivity index (χ1) is 10.7. The van der Waals surface area contributed by atoms with Crippen LogP contribution < -0.4 is 0 Å². The van der Waals surface area contributed by atoms with Gasteiger partial charge in [-0.3, -0.25) is 14.6 Å². The molecule has 2 aromatic rings. The Hall–Kier alpha value is -1.75. The highest BCUT2D eigenvalue weighted by Crippen LogP contribution is 2.32. The zero-order valence-corrected chi connectivity index (χ0v) is 13.7. The van der Waals surface area contributed by atoms with E-state index in [1.54, 1.807) is 6.20 Å². The number of likely N-dealkylation sites (tertiary alicyclic amines) is 1. The smallest absolute Gasteiger partial charge is 0.110 e. The van der Waals surface area contributed by atoms with Gasteiger partial charge in [0, 0.05) is 43.6 Å². The van der Waals surface area contributed by atoms with Gasteiger partial charge in [-0.1, -0.05) is 0 Å². The number of piperidine rings is 1. The molecular formula is C17H25N5. The monoisotopic (exact) mass is 299 g/mol. The lowest BCUT2D eigenvalue weighted by molar-refractivity contribution is 0.166. The second kappa shape index (κ2) is 6.57. The highest BCUT2D eigenvalue weighted by Gasteiger charge is 2.27. The first-order valence-electron chi connectivity index (χ1n) is 8.27. The lowest BCUT2D eigenvalue weighted by atomic mass is 9.92. The summed E-state index contributed by atoms with van der Waals surface area (Å²) in [5.74, 6) is 0.458. The number of rotatable bonds is 4. The van der Waals surface area contributed by atoms with E-state index < -0.39 is 0 Å². The molecule has 0 radical (unpaired) electrons. The Morgan fingerprint density at radius 1 is 1.23 bits per heavy atom. The summed E-state index contributed by atoms with van der Waals surface area (Å²) in [7, 11) is 0. The van der Waals surface area contributed by atoms with Gasteiger partial charge in [0.05, 0.1) is 11.4 Å². The Morgan fingerprint density at radius 3 is 2.82 bits per heavy atom. The van der Waals surface area contributed by atoms with Crippen LogP contribution in [0.2, 0.25) is 0 Å². The van der Waals surface area contributed by atoms with Gasteiger partial charge in [0.15, 0.2) is 0 Å².